The van der Waals surface area contributed by atoms with Gasteiger partial charge in [-0.2, -0.15) is 0 Å². The summed E-state index contributed by atoms with van der Waals surface area (Å²) in [7, 11) is 1.43. The molecule has 126 valence electrons. The monoisotopic (exact) mass is 336 g/mol. The number of ether oxygens (including phenoxy) is 1. The maximum Gasteiger partial charge on any atom is 0.261 e. The van der Waals surface area contributed by atoms with Crippen LogP contribution in [0.4, 0.5) is 5.69 Å². The molecule has 2 aromatic carbocycles. The van der Waals surface area contributed by atoms with E-state index in [-0.39, 0.29) is 17.7 Å². The number of rotatable bonds is 5. The van der Waals surface area contributed by atoms with Gasteiger partial charge in [0.2, 0.25) is 0 Å². The minimum atomic E-state index is -0.375. The topological polar surface area (TPSA) is 75.7 Å². The molecule has 0 bridgehead atoms. The predicted octanol–water partition coefficient (Wildman–Crippen LogP) is 2.73. The number of imide groups is 1. The van der Waals surface area contributed by atoms with Gasteiger partial charge in [0.1, 0.15) is 12.4 Å². The zero-order valence-electron chi connectivity index (χ0n) is 13.6. The van der Waals surface area contributed by atoms with Crippen LogP contribution in [0.25, 0.3) is 0 Å². The number of carbonyl (C=O) groups is 3. The van der Waals surface area contributed by atoms with E-state index in [1.807, 2.05) is 0 Å². The Morgan fingerprint density at radius 1 is 1.12 bits per heavy atom. The van der Waals surface area contributed by atoms with Gasteiger partial charge >= 0.3 is 0 Å². The molecule has 6 nitrogen and oxygen atoms in total. The van der Waals surface area contributed by atoms with E-state index in [9.17, 15) is 14.4 Å². The highest BCUT2D eigenvalue weighted by atomic mass is 16.5. The van der Waals surface area contributed by atoms with Gasteiger partial charge in [0.05, 0.1) is 11.1 Å². The van der Waals surface area contributed by atoms with Gasteiger partial charge < -0.3 is 10.1 Å². The highest BCUT2D eigenvalue weighted by Crippen LogP contribution is 2.25. The van der Waals surface area contributed by atoms with Crippen LogP contribution < -0.4 is 10.1 Å². The zero-order valence-corrected chi connectivity index (χ0v) is 13.6. The highest BCUT2D eigenvalue weighted by Gasteiger charge is 2.32. The van der Waals surface area contributed by atoms with E-state index in [0.717, 1.165) is 4.90 Å². The number of fused-ring (bicyclic) bond motifs is 1. The van der Waals surface area contributed by atoms with Crippen molar-refractivity contribution in [1.82, 2.24) is 4.90 Å². The van der Waals surface area contributed by atoms with Gasteiger partial charge in [-0.3, -0.25) is 19.3 Å². The van der Waals surface area contributed by atoms with Gasteiger partial charge in [0.25, 0.3) is 17.7 Å². The molecule has 0 fully saturated rings. The Morgan fingerprint density at radius 3 is 2.48 bits per heavy atom. The highest BCUT2D eigenvalue weighted by molar-refractivity contribution is 6.21. The lowest BCUT2D eigenvalue weighted by Gasteiger charge is -2.07. The van der Waals surface area contributed by atoms with E-state index in [2.05, 4.69) is 11.9 Å². The molecular weight excluding hydrogens is 320 g/mol. The number of benzene rings is 2. The Bertz CT molecular complexity index is 871. The van der Waals surface area contributed by atoms with Crippen LogP contribution in [-0.2, 0) is 0 Å². The summed E-state index contributed by atoms with van der Waals surface area (Å²) in [6.07, 6.45) is 1.64. The van der Waals surface area contributed by atoms with Crippen molar-refractivity contribution < 1.29 is 19.1 Å². The van der Waals surface area contributed by atoms with Crippen molar-refractivity contribution >= 4 is 23.4 Å². The Kier molecular flexibility index (Phi) is 4.35. The van der Waals surface area contributed by atoms with Crippen LogP contribution in [0.2, 0.25) is 0 Å². The summed E-state index contributed by atoms with van der Waals surface area (Å²) in [5.41, 5.74) is 1.53. The summed E-state index contributed by atoms with van der Waals surface area (Å²) in [5.74, 6) is -0.394. The second-order valence-corrected chi connectivity index (χ2v) is 5.51. The van der Waals surface area contributed by atoms with Gasteiger partial charge in [0, 0.05) is 18.3 Å². The minimum absolute atomic E-state index is 0.290. The van der Waals surface area contributed by atoms with E-state index in [1.54, 1.807) is 42.5 Å². The summed E-state index contributed by atoms with van der Waals surface area (Å²) >= 11 is 0. The first kappa shape index (κ1) is 16.4. The normalized spacial score (nSPS) is 12.8. The molecule has 0 unspecified atom stereocenters. The summed E-state index contributed by atoms with van der Waals surface area (Å²) in [6, 6.07) is 11.3. The van der Waals surface area contributed by atoms with E-state index in [1.165, 1.54) is 13.1 Å². The third kappa shape index (κ3) is 3.14. The van der Waals surface area contributed by atoms with Crippen molar-refractivity contribution in [1.29, 1.82) is 0 Å². The quantitative estimate of drug-likeness (QED) is 0.673. The molecule has 6 heteroatoms. The number of carbonyl (C=O) groups excluding carboxylic acids is 3. The Labute approximate surface area is 144 Å². The van der Waals surface area contributed by atoms with Crippen LogP contribution in [0.15, 0.2) is 55.1 Å². The Balaban J connectivity index is 1.75. The first-order valence-corrected chi connectivity index (χ1v) is 7.63. The molecule has 3 amide bonds. The molecule has 2 aromatic rings. The summed E-state index contributed by atoms with van der Waals surface area (Å²) in [5, 5.41) is 2.72. The number of amides is 3. The van der Waals surface area contributed by atoms with Crippen molar-refractivity contribution in [2.45, 2.75) is 0 Å². The van der Waals surface area contributed by atoms with Crippen LogP contribution in [0.3, 0.4) is 0 Å². The molecule has 3 rings (SSSR count). The first-order valence-electron chi connectivity index (χ1n) is 7.63. The second-order valence-electron chi connectivity index (χ2n) is 5.51. The van der Waals surface area contributed by atoms with E-state index in [0.29, 0.717) is 34.7 Å². The standard InChI is InChI=1S/C19H16N2O4/c1-3-10-25-14-7-4-12(5-8-14)17(22)20-13-6-9-15-16(11-13)19(24)21(2)18(15)23/h3-9,11H,1,10H2,2H3,(H,20,22). The lowest BCUT2D eigenvalue weighted by molar-refractivity contribution is 0.0692. The third-order valence-corrected chi connectivity index (χ3v) is 3.83. The number of hydrogen-bond acceptors (Lipinski definition) is 4. The lowest BCUT2D eigenvalue weighted by Crippen LogP contribution is -2.24. The number of anilines is 1. The molecule has 0 aromatic heterocycles. The van der Waals surface area contributed by atoms with Gasteiger partial charge in [-0.05, 0) is 42.5 Å². The SMILES string of the molecule is C=CCOc1ccc(C(=O)Nc2ccc3c(c2)C(=O)N(C)C3=O)cc1. The maximum absolute atomic E-state index is 12.3. The average molecular weight is 336 g/mol. The summed E-state index contributed by atoms with van der Waals surface area (Å²) in [6.45, 7) is 3.96. The van der Waals surface area contributed by atoms with Crippen molar-refractivity contribution in [3.63, 3.8) is 0 Å². The van der Waals surface area contributed by atoms with Gasteiger partial charge in [-0.25, -0.2) is 0 Å². The first-order chi connectivity index (χ1) is 12.0. The molecule has 1 heterocycles. The molecule has 0 saturated carbocycles. The largest absolute Gasteiger partial charge is 0.490 e. The van der Waals surface area contributed by atoms with E-state index >= 15 is 0 Å². The summed E-state index contributed by atoms with van der Waals surface area (Å²) < 4.78 is 5.37. The smallest absolute Gasteiger partial charge is 0.261 e. The van der Waals surface area contributed by atoms with Crippen LogP contribution in [-0.4, -0.2) is 36.3 Å². The van der Waals surface area contributed by atoms with Crippen LogP contribution >= 0.6 is 0 Å². The van der Waals surface area contributed by atoms with Crippen LogP contribution in [0.1, 0.15) is 31.1 Å². The zero-order chi connectivity index (χ0) is 18.0. The molecule has 0 atom stereocenters. The maximum atomic E-state index is 12.3. The third-order valence-electron chi connectivity index (χ3n) is 3.83. The average Bonchev–Trinajstić information content (AvgIpc) is 2.84. The van der Waals surface area contributed by atoms with Crippen LogP contribution in [0.5, 0.6) is 5.75 Å². The number of nitrogens with zero attached hydrogens (tertiary/aromatic N) is 1. The molecule has 25 heavy (non-hydrogen) atoms. The summed E-state index contributed by atoms with van der Waals surface area (Å²) in [4.78, 5) is 37.3. The van der Waals surface area contributed by atoms with Crippen molar-refractivity contribution in [3.05, 3.63) is 71.8 Å². The molecule has 0 aliphatic carbocycles. The fourth-order valence-corrected chi connectivity index (χ4v) is 2.50. The molecule has 1 N–H and O–H groups in total. The van der Waals surface area contributed by atoms with E-state index in [4.69, 9.17) is 4.74 Å². The molecule has 1 aliphatic rings. The molecule has 0 spiro atoms. The second kappa shape index (κ2) is 6.60. The number of hydrogen-bond donors (Lipinski definition) is 1. The van der Waals surface area contributed by atoms with Gasteiger partial charge in [-0.1, -0.05) is 12.7 Å². The van der Waals surface area contributed by atoms with Crippen molar-refractivity contribution in [2.75, 3.05) is 19.0 Å². The predicted molar refractivity (Wildman–Crippen MR) is 93.0 cm³/mol. The lowest BCUT2D eigenvalue weighted by atomic mass is 10.1. The molecule has 0 saturated heterocycles. The Hall–Kier alpha value is -3.41. The van der Waals surface area contributed by atoms with Crippen molar-refractivity contribution in [2.24, 2.45) is 0 Å². The van der Waals surface area contributed by atoms with Crippen LogP contribution in [0, 0.1) is 0 Å². The number of nitrogens with one attached hydrogen (secondary N) is 1. The fourth-order valence-electron chi connectivity index (χ4n) is 2.50. The molecule has 1 aliphatic heterocycles. The fraction of sp³-hybridized carbons (Fsp3) is 0.105. The van der Waals surface area contributed by atoms with Crippen molar-refractivity contribution in [3.8, 4) is 5.75 Å². The van der Waals surface area contributed by atoms with Gasteiger partial charge in [0.15, 0.2) is 0 Å². The molecule has 0 radical (unpaired) electrons. The molecular formula is C19H16N2O4. The van der Waals surface area contributed by atoms with E-state index < -0.39 is 0 Å². The van der Waals surface area contributed by atoms with Gasteiger partial charge in [-0.15, -0.1) is 0 Å². The Morgan fingerprint density at radius 2 is 1.80 bits per heavy atom. The minimum Gasteiger partial charge on any atom is -0.490 e.